The van der Waals surface area contributed by atoms with Crippen molar-refractivity contribution in [2.75, 3.05) is 18.4 Å². The number of para-hydroxylation sites is 1. The summed E-state index contributed by atoms with van der Waals surface area (Å²) in [5.74, 6) is -1.53. The third-order valence-electron chi connectivity index (χ3n) is 5.41. The molecule has 1 fully saturated rings. The SMILES string of the molecule is NC(=O)c1cccc2c(NC3CNCC[C@@H]3c3cc(F)cc(C(F)(F)F)c3)ncnc12. The summed E-state index contributed by atoms with van der Waals surface area (Å²) >= 11 is 0. The van der Waals surface area contributed by atoms with Crippen LogP contribution in [0.4, 0.5) is 23.4 Å². The van der Waals surface area contributed by atoms with Crippen molar-refractivity contribution in [1.82, 2.24) is 15.3 Å². The van der Waals surface area contributed by atoms with E-state index in [4.69, 9.17) is 5.73 Å². The largest absolute Gasteiger partial charge is 0.416 e. The van der Waals surface area contributed by atoms with E-state index in [1.165, 1.54) is 6.33 Å². The lowest BCUT2D eigenvalue weighted by atomic mass is 9.85. The number of alkyl halides is 3. The van der Waals surface area contributed by atoms with Crippen molar-refractivity contribution in [3.05, 3.63) is 65.2 Å². The first kappa shape index (κ1) is 21.0. The van der Waals surface area contributed by atoms with Crippen LogP contribution in [0.3, 0.4) is 0 Å². The first-order chi connectivity index (χ1) is 14.7. The van der Waals surface area contributed by atoms with Crippen molar-refractivity contribution in [3.63, 3.8) is 0 Å². The number of benzene rings is 2. The predicted molar refractivity (Wildman–Crippen MR) is 107 cm³/mol. The van der Waals surface area contributed by atoms with Crippen LogP contribution >= 0.6 is 0 Å². The van der Waals surface area contributed by atoms with Crippen LogP contribution in [0.2, 0.25) is 0 Å². The minimum Gasteiger partial charge on any atom is -0.366 e. The van der Waals surface area contributed by atoms with Crippen molar-refractivity contribution in [2.24, 2.45) is 5.73 Å². The lowest BCUT2D eigenvalue weighted by molar-refractivity contribution is -0.137. The Bertz CT molecular complexity index is 1130. The van der Waals surface area contributed by atoms with E-state index < -0.39 is 23.5 Å². The van der Waals surface area contributed by atoms with Crippen molar-refractivity contribution in [3.8, 4) is 0 Å². The third-order valence-corrected chi connectivity index (χ3v) is 5.41. The second kappa shape index (κ2) is 8.10. The Kier molecular flexibility index (Phi) is 5.48. The topological polar surface area (TPSA) is 92.9 Å². The van der Waals surface area contributed by atoms with Gasteiger partial charge in [-0.05, 0) is 48.9 Å². The molecule has 1 amide bonds. The molecule has 1 aliphatic heterocycles. The number of piperidine rings is 1. The van der Waals surface area contributed by atoms with Crippen molar-refractivity contribution >= 4 is 22.6 Å². The van der Waals surface area contributed by atoms with Gasteiger partial charge in [-0.15, -0.1) is 0 Å². The highest BCUT2D eigenvalue weighted by atomic mass is 19.4. The third kappa shape index (κ3) is 4.29. The second-order valence-corrected chi connectivity index (χ2v) is 7.41. The number of aromatic nitrogens is 2. The van der Waals surface area contributed by atoms with E-state index in [2.05, 4.69) is 20.6 Å². The molecule has 2 aromatic carbocycles. The first-order valence-corrected chi connectivity index (χ1v) is 9.62. The predicted octanol–water partition coefficient (Wildman–Crippen LogP) is 3.44. The number of anilines is 1. The number of rotatable bonds is 4. The molecule has 162 valence electrons. The summed E-state index contributed by atoms with van der Waals surface area (Å²) in [4.78, 5) is 20.1. The van der Waals surface area contributed by atoms with Gasteiger partial charge in [0.25, 0.3) is 5.91 Å². The van der Waals surface area contributed by atoms with Gasteiger partial charge in [-0.25, -0.2) is 14.4 Å². The highest BCUT2D eigenvalue weighted by Gasteiger charge is 2.34. The molecule has 1 aromatic heterocycles. The van der Waals surface area contributed by atoms with Gasteiger partial charge in [0.05, 0.1) is 16.6 Å². The Hall–Kier alpha value is -3.27. The summed E-state index contributed by atoms with van der Waals surface area (Å²) in [6.07, 6.45) is -2.85. The highest BCUT2D eigenvalue weighted by molar-refractivity contribution is 6.06. The van der Waals surface area contributed by atoms with Gasteiger partial charge in [-0.3, -0.25) is 4.79 Å². The quantitative estimate of drug-likeness (QED) is 0.548. The average molecular weight is 433 g/mol. The van der Waals surface area contributed by atoms with Gasteiger partial charge < -0.3 is 16.4 Å². The van der Waals surface area contributed by atoms with Gasteiger partial charge in [0.2, 0.25) is 0 Å². The molecule has 0 radical (unpaired) electrons. The first-order valence-electron chi connectivity index (χ1n) is 9.62. The van der Waals surface area contributed by atoms with E-state index in [0.29, 0.717) is 42.3 Å². The summed E-state index contributed by atoms with van der Waals surface area (Å²) in [6.45, 7) is 1.01. The number of fused-ring (bicyclic) bond motifs is 1. The molecule has 31 heavy (non-hydrogen) atoms. The normalized spacial score (nSPS) is 19.4. The molecule has 4 N–H and O–H groups in total. The van der Waals surface area contributed by atoms with Gasteiger partial charge in [0.1, 0.15) is 18.0 Å². The fourth-order valence-corrected chi connectivity index (χ4v) is 3.98. The average Bonchev–Trinajstić information content (AvgIpc) is 2.73. The fraction of sp³-hybridized carbons (Fsp3) is 0.286. The zero-order chi connectivity index (χ0) is 22.2. The number of halogens is 4. The van der Waals surface area contributed by atoms with Gasteiger partial charge in [0.15, 0.2) is 0 Å². The smallest absolute Gasteiger partial charge is 0.366 e. The lowest BCUT2D eigenvalue weighted by Gasteiger charge is -2.34. The molecule has 0 aliphatic carbocycles. The Balaban J connectivity index is 1.71. The van der Waals surface area contributed by atoms with Crippen LogP contribution in [-0.4, -0.2) is 35.0 Å². The maximum Gasteiger partial charge on any atom is 0.416 e. The number of carbonyl (C=O) groups excluding carboxylic acids is 1. The van der Waals surface area contributed by atoms with Crippen LogP contribution in [0.5, 0.6) is 0 Å². The van der Waals surface area contributed by atoms with Gasteiger partial charge >= 0.3 is 6.18 Å². The number of nitrogens with one attached hydrogen (secondary N) is 2. The number of nitrogens with two attached hydrogens (primary N) is 1. The Labute approximate surface area is 174 Å². The number of hydrogen-bond donors (Lipinski definition) is 3. The Morgan fingerprint density at radius 2 is 2.00 bits per heavy atom. The molecule has 2 atom stereocenters. The molecule has 1 unspecified atom stereocenters. The summed E-state index contributed by atoms with van der Waals surface area (Å²) in [5, 5.41) is 7.00. The second-order valence-electron chi connectivity index (χ2n) is 7.41. The Morgan fingerprint density at radius 1 is 1.19 bits per heavy atom. The minimum atomic E-state index is -4.64. The van der Waals surface area contributed by atoms with Crippen molar-refractivity contribution < 1.29 is 22.4 Å². The highest BCUT2D eigenvalue weighted by Crippen LogP contribution is 2.35. The van der Waals surface area contributed by atoms with Gasteiger partial charge in [0, 0.05) is 23.9 Å². The number of amides is 1. The molecule has 1 aliphatic rings. The fourth-order valence-electron chi connectivity index (χ4n) is 3.98. The molecule has 0 bridgehead atoms. The van der Waals surface area contributed by atoms with Gasteiger partial charge in [-0.2, -0.15) is 13.2 Å². The number of primary amides is 1. The zero-order valence-electron chi connectivity index (χ0n) is 16.2. The van der Waals surface area contributed by atoms with Crippen LogP contribution in [0.25, 0.3) is 10.9 Å². The number of hydrogen-bond acceptors (Lipinski definition) is 5. The lowest BCUT2D eigenvalue weighted by Crippen LogP contribution is -2.44. The molecule has 10 heteroatoms. The monoisotopic (exact) mass is 433 g/mol. The van der Waals surface area contributed by atoms with Crippen LogP contribution < -0.4 is 16.4 Å². The molecule has 1 saturated heterocycles. The van der Waals surface area contributed by atoms with Crippen LogP contribution in [-0.2, 0) is 6.18 Å². The summed E-state index contributed by atoms with van der Waals surface area (Å²) in [6, 6.07) is 7.19. The summed E-state index contributed by atoms with van der Waals surface area (Å²) < 4.78 is 53.6. The standard InChI is InChI=1S/C21H19F4N5O/c22-13-7-11(6-12(8-13)21(23,24)25)14-4-5-27-9-17(14)30-20-16-3-1-2-15(19(26)31)18(16)28-10-29-20/h1-3,6-8,10,14,17,27H,4-5,9H2,(H2,26,31)(H,28,29,30)/t14-,17?/m1/s1. The van der Waals surface area contributed by atoms with Gasteiger partial charge in [-0.1, -0.05) is 6.07 Å². The molecule has 3 aromatic rings. The molecule has 6 nitrogen and oxygen atoms in total. The molecule has 4 rings (SSSR count). The van der Waals surface area contributed by atoms with Crippen LogP contribution in [0.1, 0.15) is 33.8 Å². The summed E-state index contributed by atoms with van der Waals surface area (Å²) in [7, 11) is 0. The number of carbonyl (C=O) groups is 1. The van der Waals surface area contributed by atoms with E-state index in [-0.39, 0.29) is 23.1 Å². The molecule has 2 heterocycles. The van der Waals surface area contributed by atoms with Crippen molar-refractivity contribution in [2.45, 2.75) is 24.6 Å². The van der Waals surface area contributed by atoms with E-state index in [0.717, 1.165) is 12.1 Å². The van der Waals surface area contributed by atoms with E-state index in [1.54, 1.807) is 18.2 Å². The minimum absolute atomic E-state index is 0.237. The number of nitrogens with zero attached hydrogens (tertiary/aromatic N) is 2. The van der Waals surface area contributed by atoms with Crippen LogP contribution in [0.15, 0.2) is 42.7 Å². The molecular weight excluding hydrogens is 414 g/mol. The maximum absolute atomic E-state index is 14.0. The summed E-state index contributed by atoms with van der Waals surface area (Å²) in [5.41, 5.74) is 5.28. The zero-order valence-corrected chi connectivity index (χ0v) is 16.2. The maximum atomic E-state index is 14.0. The molecule has 0 spiro atoms. The Morgan fingerprint density at radius 3 is 2.74 bits per heavy atom. The van der Waals surface area contributed by atoms with E-state index in [1.807, 2.05) is 0 Å². The van der Waals surface area contributed by atoms with E-state index >= 15 is 0 Å². The molecular formula is C21H19F4N5O. The van der Waals surface area contributed by atoms with Crippen molar-refractivity contribution in [1.29, 1.82) is 0 Å². The van der Waals surface area contributed by atoms with E-state index in [9.17, 15) is 22.4 Å². The molecule has 0 saturated carbocycles. The van der Waals surface area contributed by atoms with Crippen LogP contribution in [0, 0.1) is 5.82 Å².